The van der Waals surface area contributed by atoms with Crippen molar-refractivity contribution in [2.24, 2.45) is 5.41 Å². The molecule has 1 rings (SSSR count). The molecule has 1 aromatic carbocycles. The monoisotopic (exact) mass is 378 g/mol. The van der Waals surface area contributed by atoms with Gasteiger partial charge in [-0.25, -0.2) is 0 Å². The molecule has 0 bridgehead atoms. The molecule has 0 heterocycles. The van der Waals surface area contributed by atoms with E-state index in [4.69, 9.17) is 9.47 Å². The lowest BCUT2D eigenvalue weighted by Gasteiger charge is -2.30. The van der Waals surface area contributed by atoms with Gasteiger partial charge in [0.05, 0.1) is 13.2 Å². The molecule has 0 saturated heterocycles. The minimum atomic E-state index is -0.186. The largest absolute Gasteiger partial charge is 0.493 e. The highest BCUT2D eigenvalue weighted by molar-refractivity contribution is 5.72. The molecule has 0 fully saturated rings. The average Bonchev–Trinajstić information content (AvgIpc) is 2.69. The second kappa shape index (κ2) is 10.7. The maximum atomic E-state index is 5.95. The topological polar surface area (TPSA) is 18.5 Å². The smallest absolute Gasteiger partial charge is 0.119 e. The van der Waals surface area contributed by atoms with E-state index in [1.165, 1.54) is 0 Å². The molecule has 1 unspecified atom stereocenters. The summed E-state index contributed by atoms with van der Waals surface area (Å²) in [4.78, 5) is 0. The molecule has 0 aliphatic carbocycles. The zero-order valence-corrected chi connectivity index (χ0v) is 17.8. The lowest BCUT2D eigenvalue weighted by Crippen LogP contribution is -2.29. The van der Waals surface area contributed by atoms with Crippen molar-refractivity contribution in [3.8, 4) is 0 Å². The van der Waals surface area contributed by atoms with Gasteiger partial charge in [-0.2, -0.15) is 0 Å². The number of rotatable bonds is 13. The summed E-state index contributed by atoms with van der Waals surface area (Å²) in [6.07, 6.45) is 3.56. The van der Waals surface area contributed by atoms with Gasteiger partial charge in [-0.05, 0) is 42.0 Å². The molecule has 0 aliphatic rings. The van der Waals surface area contributed by atoms with Gasteiger partial charge in [0.1, 0.15) is 5.76 Å². The molecule has 28 heavy (non-hydrogen) atoms. The highest BCUT2D eigenvalue weighted by atomic mass is 16.5. The summed E-state index contributed by atoms with van der Waals surface area (Å²) in [5.41, 5.74) is 5.41. The first-order valence-corrected chi connectivity index (χ1v) is 9.40. The van der Waals surface area contributed by atoms with Gasteiger partial charge in [-0.15, -0.1) is 0 Å². The summed E-state index contributed by atoms with van der Waals surface area (Å²) in [7, 11) is 1.71. The summed E-state index contributed by atoms with van der Waals surface area (Å²) in [5.74, 6) is 0.520. The quantitative estimate of drug-likeness (QED) is 0.272. The maximum Gasteiger partial charge on any atom is 0.119 e. The predicted molar refractivity (Wildman–Crippen MR) is 123 cm³/mol. The second-order valence-electron chi connectivity index (χ2n) is 7.59. The Balaban J connectivity index is 2.77. The Labute approximate surface area is 171 Å². The summed E-state index contributed by atoms with van der Waals surface area (Å²) >= 11 is 0. The first-order chi connectivity index (χ1) is 13.1. The molecule has 0 spiro atoms. The molecule has 0 amide bonds. The van der Waals surface area contributed by atoms with Crippen molar-refractivity contribution in [3.05, 3.63) is 97.3 Å². The normalized spacial score (nSPS) is 12.5. The van der Waals surface area contributed by atoms with Crippen LogP contribution >= 0.6 is 0 Å². The number of hydrogen-bond acceptors (Lipinski definition) is 2. The molecule has 2 heteroatoms. The number of benzene rings is 1. The molecule has 0 saturated carbocycles. The Morgan fingerprint density at radius 1 is 1.04 bits per heavy atom. The van der Waals surface area contributed by atoms with Gasteiger partial charge in [0.2, 0.25) is 0 Å². The molecule has 0 N–H and O–H groups in total. The van der Waals surface area contributed by atoms with Gasteiger partial charge in [0, 0.05) is 18.1 Å². The van der Waals surface area contributed by atoms with Crippen molar-refractivity contribution in [1.29, 1.82) is 0 Å². The molecule has 1 atom stereocenters. The van der Waals surface area contributed by atoms with Crippen LogP contribution in [0.15, 0.2) is 86.2 Å². The van der Waals surface area contributed by atoms with Crippen molar-refractivity contribution >= 4 is 11.6 Å². The first kappa shape index (κ1) is 23.5. The van der Waals surface area contributed by atoms with Gasteiger partial charge in [0.25, 0.3) is 0 Å². The zero-order chi connectivity index (χ0) is 21.3. The average molecular weight is 379 g/mol. The summed E-state index contributed by atoms with van der Waals surface area (Å²) in [5, 5.41) is 0. The third-order valence-electron chi connectivity index (χ3n) is 4.90. The molecular formula is C26H34O2. The second-order valence-corrected chi connectivity index (χ2v) is 7.59. The van der Waals surface area contributed by atoms with E-state index < -0.39 is 0 Å². The van der Waals surface area contributed by atoms with Crippen LogP contribution in [-0.4, -0.2) is 20.3 Å². The fourth-order valence-electron chi connectivity index (χ4n) is 2.89. The zero-order valence-electron chi connectivity index (χ0n) is 17.8. The van der Waals surface area contributed by atoms with Crippen molar-refractivity contribution in [2.75, 3.05) is 20.3 Å². The molecule has 1 aromatic rings. The molecule has 0 radical (unpaired) electrons. The number of ether oxygens (including phenoxy) is 2. The molecule has 0 aromatic heterocycles. The molecule has 0 aliphatic heterocycles. The Hall–Kier alpha value is -2.58. The van der Waals surface area contributed by atoms with E-state index in [-0.39, 0.29) is 5.41 Å². The fourth-order valence-corrected chi connectivity index (χ4v) is 2.89. The summed E-state index contributed by atoms with van der Waals surface area (Å²) < 4.78 is 11.4. The van der Waals surface area contributed by atoms with Gasteiger partial charge >= 0.3 is 0 Å². The predicted octanol–water partition coefficient (Wildman–Crippen LogP) is 6.99. The lowest BCUT2D eigenvalue weighted by molar-refractivity contribution is 0.0250. The SMILES string of the molecule is C=Cc1ccccc1C(=C)CCC(C)(COC)COC(=C)C(=C)C(=C)C(=C)C. The maximum absolute atomic E-state index is 5.95. The molecule has 150 valence electrons. The third-order valence-corrected chi connectivity index (χ3v) is 4.90. The van der Waals surface area contributed by atoms with Crippen LogP contribution in [0.4, 0.5) is 0 Å². The van der Waals surface area contributed by atoms with Gasteiger partial charge < -0.3 is 9.47 Å². The summed E-state index contributed by atoms with van der Waals surface area (Å²) in [6, 6.07) is 8.16. The Kier molecular flexibility index (Phi) is 8.94. The Morgan fingerprint density at radius 3 is 2.25 bits per heavy atom. The lowest BCUT2D eigenvalue weighted by atomic mass is 9.84. The Bertz CT molecular complexity index is 781. The van der Waals surface area contributed by atoms with Crippen LogP contribution in [0.25, 0.3) is 11.6 Å². The van der Waals surface area contributed by atoms with Crippen LogP contribution in [-0.2, 0) is 9.47 Å². The van der Waals surface area contributed by atoms with Crippen LogP contribution in [0.3, 0.4) is 0 Å². The highest BCUT2D eigenvalue weighted by Gasteiger charge is 2.26. The van der Waals surface area contributed by atoms with Crippen LogP contribution in [0.2, 0.25) is 0 Å². The van der Waals surface area contributed by atoms with Crippen molar-refractivity contribution < 1.29 is 9.47 Å². The first-order valence-electron chi connectivity index (χ1n) is 9.40. The molecule has 2 nitrogen and oxygen atoms in total. The minimum absolute atomic E-state index is 0.186. The Morgan fingerprint density at radius 2 is 1.68 bits per heavy atom. The summed E-state index contributed by atoms with van der Waals surface area (Å²) in [6.45, 7) is 29.1. The minimum Gasteiger partial charge on any atom is -0.493 e. The van der Waals surface area contributed by atoms with Crippen LogP contribution in [0.5, 0.6) is 0 Å². The van der Waals surface area contributed by atoms with Gasteiger partial charge in [-0.3, -0.25) is 0 Å². The fraction of sp³-hybridized carbons (Fsp3) is 0.308. The van der Waals surface area contributed by atoms with Crippen molar-refractivity contribution in [2.45, 2.75) is 26.7 Å². The van der Waals surface area contributed by atoms with Crippen LogP contribution in [0.1, 0.15) is 37.8 Å². The van der Waals surface area contributed by atoms with E-state index in [2.05, 4.69) is 58.5 Å². The van der Waals surface area contributed by atoms with E-state index in [0.29, 0.717) is 24.5 Å². The number of methoxy groups -OCH3 is 1. The van der Waals surface area contributed by atoms with E-state index in [9.17, 15) is 0 Å². The third kappa shape index (κ3) is 6.54. The van der Waals surface area contributed by atoms with E-state index in [1.807, 2.05) is 25.1 Å². The van der Waals surface area contributed by atoms with Crippen molar-refractivity contribution in [3.63, 3.8) is 0 Å². The van der Waals surface area contributed by atoms with E-state index >= 15 is 0 Å². The van der Waals surface area contributed by atoms with Gasteiger partial charge in [0.15, 0.2) is 0 Å². The number of hydrogen-bond donors (Lipinski definition) is 0. The molecular weight excluding hydrogens is 344 g/mol. The van der Waals surface area contributed by atoms with Crippen LogP contribution in [0, 0.1) is 5.41 Å². The highest BCUT2D eigenvalue weighted by Crippen LogP contribution is 2.32. The van der Waals surface area contributed by atoms with E-state index in [1.54, 1.807) is 7.11 Å². The van der Waals surface area contributed by atoms with Crippen molar-refractivity contribution in [1.82, 2.24) is 0 Å². The van der Waals surface area contributed by atoms with Gasteiger partial charge in [-0.1, -0.05) is 82.3 Å². The van der Waals surface area contributed by atoms with E-state index in [0.717, 1.165) is 40.7 Å². The van der Waals surface area contributed by atoms with Crippen LogP contribution < -0.4 is 0 Å². The standard InChI is InChI=1S/C26H34O2/c1-10-24-13-11-12-14-25(24)20(4)15-16-26(8,17-27-9)18-28-23(7)22(6)21(5)19(2)3/h10-14H,1-2,4-7,15-18H2,3,8-9H3. The number of allylic oxidation sites excluding steroid dienone is 3.